The van der Waals surface area contributed by atoms with Crippen LogP contribution in [-0.2, 0) is 7.05 Å². The maximum absolute atomic E-state index is 5.58. The van der Waals surface area contributed by atoms with E-state index in [1.807, 2.05) is 42.9 Å². The van der Waals surface area contributed by atoms with E-state index in [9.17, 15) is 0 Å². The minimum absolute atomic E-state index is 0.228. The fourth-order valence-corrected chi connectivity index (χ4v) is 2.24. The predicted octanol–water partition coefficient (Wildman–Crippen LogP) is 3.69. The highest BCUT2D eigenvalue weighted by atomic mass is 16.5. The second-order valence-corrected chi connectivity index (χ2v) is 5.08. The van der Waals surface area contributed by atoms with Gasteiger partial charge in [0, 0.05) is 24.5 Å². The molecule has 0 saturated heterocycles. The molecule has 4 nitrogen and oxygen atoms in total. The van der Waals surface area contributed by atoms with Gasteiger partial charge in [0.25, 0.3) is 0 Å². The van der Waals surface area contributed by atoms with E-state index in [4.69, 9.17) is 4.74 Å². The van der Waals surface area contributed by atoms with Crippen molar-refractivity contribution in [2.75, 3.05) is 11.9 Å². The third-order valence-corrected chi connectivity index (χ3v) is 3.23. The summed E-state index contributed by atoms with van der Waals surface area (Å²) in [6, 6.07) is 8.33. The second-order valence-electron chi connectivity index (χ2n) is 5.08. The number of aryl methyl sites for hydroxylation is 2. The van der Waals surface area contributed by atoms with Gasteiger partial charge in [-0.3, -0.25) is 4.68 Å². The molecule has 0 bridgehead atoms. The molecular weight excluding hydrogens is 250 g/mol. The van der Waals surface area contributed by atoms with E-state index in [-0.39, 0.29) is 6.04 Å². The summed E-state index contributed by atoms with van der Waals surface area (Å²) in [4.78, 5) is 0. The Morgan fingerprint density at radius 1 is 1.30 bits per heavy atom. The van der Waals surface area contributed by atoms with Crippen molar-refractivity contribution in [3.05, 3.63) is 41.7 Å². The first-order chi connectivity index (χ1) is 9.60. The summed E-state index contributed by atoms with van der Waals surface area (Å²) < 4.78 is 7.43. The standard InChI is InChI=1S/C16H23N3O/c1-5-10-20-15-8-6-14(7-9-15)17-12(2)16-11-19(4)18-13(16)3/h6-9,11-12,17H,5,10H2,1-4H3. The summed E-state index contributed by atoms with van der Waals surface area (Å²) in [5.74, 6) is 0.919. The first-order valence-electron chi connectivity index (χ1n) is 7.09. The van der Waals surface area contributed by atoms with Crippen LogP contribution < -0.4 is 10.1 Å². The molecule has 0 fully saturated rings. The lowest BCUT2D eigenvalue weighted by atomic mass is 10.1. The Morgan fingerprint density at radius 2 is 2.00 bits per heavy atom. The number of hydrogen-bond acceptors (Lipinski definition) is 3. The van der Waals surface area contributed by atoms with Crippen molar-refractivity contribution in [3.63, 3.8) is 0 Å². The van der Waals surface area contributed by atoms with Crippen molar-refractivity contribution in [1.82, 2.24) is 9.78 Å². The van der Waals surface area contributed by atoms with Crippen LogP contribution in [-0.4, -0.2) is 16.4 Å². The minimum Gasteiger partial charge on any atom is -0.494 e. The molecule has 1 aromatic carbocycles. The molecule has 1 aromatic heterocycles. The first-order valence-corrected chi connectivity index (χ1v) is 7.09. The number of ether oxygens (including phenoxy) is 1. The zero-order valence-electron chi connectivity index (χ0n) is 12.7. The molecular formula is C16H23N3O. The fourth-order valence-electron chi connectivity index (χ4n) is 2.24. The van der Waals surface area contributed by atoms with Crippen LogP contribution in [0.4, 0.5) is 5.69 Å². The molecule has 1 unspecified atom stereocenters. The number of rotatable bonds is 6. The Hall–Kier alpha value is -1.97. The molecule has 1 N–H and O–H groups in total. The van der Waals surface area contributed by atoms with E-state index in [1.165, 1.54) is 5.56 Å². The Balaban J connectivity index is 2.00. The smallest absolute Gasteiger partial charge is 0.119 e. The van der Waals surface area contributed by atoms with E-state index < -0.39 is 0 Å². The Morgan fingerprint density at radius 3 is 2.55 bits per heavy atom. The molecule has 0 aliphatic heterocycles. The van der Waals surface area contributed by atoms with E-state index >= 15 is 0 Å². The van der Waals surface area contributed by atoms with Crippen LogP contribution in [0, 0.1) is 6.92 Å². The zero-order chi connectivity index (χ0) is 14.5. The largest absolute Gasteiger partial charge is 0.494 e. The number of nitrogens with zero attached hydrogens (tertiary/aromatic N) is 2. The van der Waals surface area contributed by atoms with Crippen molar-refractivity contribution < 1.29 is 4.74 Å². The summed E-state index contributed by atoms with van der Waals surface area (Å²) >= 11 is 0. The molecule has 0 aliphatic carbocycles. The summed E-state index contributed by atoms with van der Waals surface area (Å²) in [6.45, 7) is 7.05. The highest BCUT2D eigenvalue weighted by molar-refractivity contribution is 5.48. The number of anilines is 1. The van der Waals surface area contributed by atoms with Gasteiger partial charge in [-0.2, -0.15) is 5.10 Å². The molecule has 0 radical (unpaired) electrons. The van der Waals surface area contributed by atoms with Gasteiger partial charge in [0.15, 0.2) is 0 Å². The van der Waals surface area contributed by atoms with Crippen molar-refractivity contribution in [2.24, 2.45) is 7.05 Å². The van der Waals surface area contributed by atoms with Crippen molar-refractivity contribution in [3.8, 4) is 5.75 Å². The lowest BCUT2D eigenvalue weighted by molar-refractivity contribution is 0.317. The minimum atomic E-state index is 0.228. The molecule has 2 aromatic rings. The van der Waals surface area contributed by atoms with Crippen LogP contribution in [0.5, 0.6) is 5.75 Å². The number of aromatic nitrogens is 2. The third-order valence-electron chi connectivity index (χ3n) is 3.23. The van der Waals surface area contributed by atoms with Gasteiger partial charge in [0.05, 0.1) is 18.3 Å². The SMILES string of the molecule is CCCOc1ccc(NC(C)c2cn(C)nc2C)cc1. The van der Waals surface area contributed by atoms with Gasteiger partial charge < -0.3 is 10.1 Å². The normalized spacial score (nSPS) is 12.2. The second kappa shape index (κ2) is 6.46. The maximum Gasteiger partial charge on any atom is 0.119 e. The number of hydrogen-bond donors (Lipinski definition) is 1. The molecule has 4 heteroatoms. The number of benzene rings is 1. The van der Waals surface area contributed by atoms with Gasteiger partial charge in [-0.05, 0) is 44.5 Å². The molecule has 0 spiro atoms. The van der Waals surface area contributed by atoms with Gasteiger partial charge in [0.2, 0.25) is 0 Å². The average molecular weight is 273 g/mol. The Kier molecular flexibility index (Phi) is 4.66. The highest BCUT2D eigenvalue weighted by Crippen LogP contribution is 2.23. The summed E-state index contributed by atoms with van der Waals surface area (Å²) in [7, 11) is 1.95. The van der Waals surface area contributed by atoms with Gasteiger partial charge in [-0.25, -0.2) is 0 Å². The van der Waals surface area contributed by atoms with Crippen molar-refractivity contribution in [1.29, 1.82) is 0 Å². The van der Waals surface area contributed by atoms with E-state index in [0.29, 0.717) is 0 Å². The summed E-state index contributed by atoms with van der Waals surface area (Å²) in [5, 5.41) is 7.87. The molecule has 20 heavy (non-hydrogen) atoms. The molecule has 0 amide bonds. The predicted molar refractivity (Wildman–Crippen MR) is 82.2 cm³/mol. The quantitative estimate of drug-likeness (QED) is 0.872. The molecule has 1 atom stereocenters. The van der Waals surface area contributed by atoms with E-state index in [2.05, 4.69) is 30.5 Å². The molecule has 1 heterocycles. The zero-order valence-corrected chi connectivity index (χ0v) is 12.7. The van der Waals surface area contributed by atoms with Crippen LogP contribution in [0.1, 0.15) is 37.6 Å². The third kappa shape index (κ3) is 3.53. The lowest BCUT2D eigenvalue weighted by Gasteiger charge is -2.15. The molecule has 0 aliphatic rings. The molecule has 2 rings (SSSR count). The van der Waals surface area contributed by atoms with Crippen LogP contribution in [0.2, 0.25) is 0 Å². The molecule has 108 valence electrons. The van der Waals surface area contributed by atoms with Gasteiger partial charge >= 0.3 is 0 Å². The van der Waals surface area contributed by atoms with Gasteiger partial charge in [-0.15, -0.1) is 0 Å². The Labute approximate surface area is 120 Å². The first kappa shape index (κ1) is 14.4. The summed E-state index contributed by atoms with van der Waals surface area (Å²) in [5.41, 5.74) is 3.37. The molecule has 0 saturated carbocycles. The van der Waals surface area contributed by atoms with Gasteiger partial charge in [0.1, 0.15) is 5.75 Å². The summed E-state index contributed by atoms with van der Waals surface area (Å²) in [6.07, 6.45) is 3.09. The van der Waals surface area contributed by atoms with Crippen LogP contribution >= 0.6 is 0 Å². The fraction of sp³-hybridized carbons (Fsp3) is 0.438. The Bertz CT molecular complexity index is 545. The topological polar surface area (TPSA) is 39.1 Å². The van der Waals surface area contributed by atoms with Crippen LogP contribution in [0.15, 0.2) is 30.5 Å². The van der Waals surface area contributed by atoms with Gasteiger partial charge in [-0.1, -0.05) is 6.92 Å². The van der Waals surface area contributed by atoms with Crippen LogP contribution in [0.3, 0.4) is 0 Å². The van der Waals surface area contributed by atoms with E-state index in [0.717, 1.165) is 30.2 Å². The monoisotopic (exact) mass is 273 g/mol. The van der Waals surface area contributed by atoms with E-state index in [1.54, 1.807) is 0 Å². The van der Waals surface area contributed by atoms with Crippen molar-refractivity contribution >= 4 is 5.69 Å². The van der Waals surface area contributed by atoms with Crippen molar-refractivity contribution in [2.45, 2.75) is 33.2 Å². The average Bonchev–Trinajstić information content (AvgIpc) is 2.77. The lowest BCUT2D eigenvalue weighted by Crippen LogP contribution is -2.07. The maximum atomic E-state index is 5.58. The van der Waals surface area contributed by atoms with Crippen LogP contribution in [0.25, 0.3) is 0 Å². The number of nitrogens with one attached hydrogen (secondary N) is 1. The highest BCUT2D eigenvalue weighted by Gasteiger charge is 2.11.